The molecule has 0 spiro atoms. The highest BCUT2D eigenvalue weighted by atomic mass is 35.5. The van der Waals surface area contributed by atoms with Crippen molar-refractivity contribution in [2.24, 2.45) is 12.8 Å². The lowest BCUT2D eigenvalue weighted by Crippen LogP contribution is -2.01. The molecule has 0 atom stereocenters. The number of nitrogens with zero attached hydrogens (tertiary/aromatic N) is 2. The highest BCUT2D eigenvalue weighted by Gasteiger charge is 2.08. The van der Waals surface area contributed by atoms with Gasteiger partial charge in [0, 0.05) is 30.2 Å². The number of halogens is 1. The molecule has 1 heterocycles. The largest absolute Gasteiger partial charge is 0.439 e. The second kappa shape index (κ2) is 4.77. The van der Waals surface area contributed by atoms with Crippen molar-refractivity contribution in [2.45, 2.75) is 13.5 Å². The third-order valence-electron chi connectivity index (χ3n) is 2.42. The number of aryl methyl sites for hydroxylation is 2. The summed E-state index contributed by atoms with van der Waals surface area (Å²) in [7, 11) is 1.83. The molecular weight excluding hydrogens is 238 g/mol. The first kappa shape index (κ1) is 12.0. The third-order valence-corrected chi connectivity index (χ3v) is 2.66. The second-order valence-electron chi connectivity index (χ2n) is 3.81. The van der Waals surface area contributed by atoms with Crippen molar-refractivity contribution in [1.82, 2.24) is 9.78 Å². The van der Waals surface area contributed by atoms with Crippen LogP contribution in [-0.4, -0.2) is 9.78 Å². The molecule has 5 heteroatoms. The first-order valence-electron chi connectivity index (χ1n) is 5.27. The van der Waals surface area contributed by atoms with Crippen molar-refractivity contribution in [3.63, 3.8) is 0 Å². The summed E-state index contributed by atoms with van der Waals surface area (Å²) < 4.78 is 7.45. The zero-order chi connectivity index (χ0) is 12.4. The molecule has 0 unspecified atom stereocenters. The number of hydrogen-bond donors (Lipinski definition) is 1. The molecule has 90 valence electrons. The minimum atomic E-state index is 0.406. The van der Waals surface area contributed by atoms with E-state index in [1.807, 2.05) is 26.1 Å². The van der Waals surface area contributed by atoms with Gasteiger partial charge < -0.3 is 10.5 Å². The Morgan fingerprint density at radius 1 is 1.41 bits per heavy atom. The van der Waals surface area contributed by atoms with Crippen LogP contribution in [-0.2, 0) is 13.6 Å². The van der Waals surface area contributed by atoms with E-state index in [0.717, 1.165) is 11.3 Å². The first-order valence-corrected chi connectivity index (χ1v) is 5.65. The van der Waals surface area contributed by atoms with E-state index in [1.165, 1.54) is 0 Å². The molecule has 4 nitrogen and oxygen atoms in total. The van der Waals surface area contributed by atoms with Crippen molar-refractivity contribution < 1.29 is 4.74 Å². The van der Waals surface area contributed by atoms with E-state index in [9.17, 15) is 0 Å². The zero-order valence-corrected chi connectivity index (χ0v) is 10.5. The molecule has 1 aromatic heterocycles. The van der Waals surface area contributed by atoms with E-state index in [2.05, 4.69) is 5.10 Å². The standard InChI is InChI=1S/C12H14ClN3O/c1-8-5-12(16(2)15-8)17-11-6-10(13)4-3-9(11)7-14/h3-6H,7,14H2,1-2H3. The predicted octanol–water partition coefficient (Wildman–Crippen LogP) is 2.63. The molecule has 0 fully saturated rings. The molecule has 0 aliphatic carbocycles. The van der Waals surface area contributed by atoms with Crippen LogP contribution in [0.3, 0.4) is 0 Å². The van der Waals surface area contributed by atoms with Crippen molar-refractivity contribution in [1.29, 1.82) is 0 Å². The fourth-order valence-corrected chi connectivity index (χ4v) is 1.75. The van der Waals surface area contributed by atoms with E-state index >= 15 is 0 Å². The molecular formula is C12H14ClN3O. The van der Waals surface area contributed by atoms with Gasteiger partial charge in [0.2, 0.25) is 5.88 Å². The Morgan fingerprint density at radius 2 is 2.18 bits per heavy atom. The van der Waals surface area contributed by atoms with Crippen molar-refractivity contribution in [3.05, 3.63) is 40.5 Å². The number of rotatable bonds is 3. The van der Waals surface area contributed by atoms with E-state index in [4.69, 9.17) is 22.1 Å². The summed E-state index contributed by atoms with van der Waals surface area (Å²) in [6, 6.07) is 7.28. The number of nitrogens with two attached hydrogens (primary N) is 1. The van der Waals surface area contributed by atoms with Crippen molar-refractivity contribution in [2.75, 3.05) is 0 Å². The third kappa shape index (κ3) is 2.60. The lowest BCUT2D eigenvalue weighted by Gasteiger charge is -2.10. The second-order valence-corrected chi connectivity index (χ2v) is 4.24. The first-order chi connectivity index (χ1) is 8.10. The SMILES string of the molecule is Cc1cc(Oc2cc(Cl)ccc2CN)n(C)n1. The van der Waals surface area contributed by atoms with Gasteiger partial charge in [-0.05, 0) is 19.1 Å². The van der Waals surface area contributed by atoms with Crippen LogP contribution in [0, 0.1) is 6.92 Å². The molecule has 0 bridgehead atoms. The van der Waals surface area contributed by atoms with Crippen LogP contribution in [0.4, 0.5) is 0 Å². The molecule has 1 aromatic carbocycles. The maximum atomic E-state index is 5.94. The Hall–Kier alpha value is -1.52. The van der Waals surface area contributed by atoms with Gasteiger partial charge in [-0.2, -0.15) is 5.10 Å². The van der Waals surface area contributed by atoms with E-state index in [1.54, 1.807) is 16.8 Å². The Balaban J connectivity index is 2.35. The van der Waals surface area contributed by atoms with Gasteiger partial charge in [0.05, 0.1) is 5.69 Å². The molecule has 17 heavy (non-hydrogen) atoms. The van der Waals surface area contributed by atoms with Crippen LogP contribution >= 0.6 is 11.6 Å². The summed E-state index contributed by atoms with van der Waals surface area (Å²) in [5.41, 5.74) is 7.46. The van der Waals surface area contributed by atoms with Gasteiger partial charge >= 0.3 is 0 Å². The summed E-state index contributed by atoms with van der Waals surface area (Å²) in [5, 5.41) is 4.83. The van der Waals surface area contributed by atoms with Crippen LogP contribution in [0.15, 0.2) is 24.3 Å². The molecule has 2 aromatic rings. The lowest BCUT2D eigenvalue weighted by molar-refractivity contribution is 0.426. The summed E-state index contributed by atoms with van der Waals surface area (Å²) in [6.45, 7) is 2.32. The van der Waals surface area contributed by atoms with Crippen LogP contribution in [0.2, 0.25) is 5.02 Å². The lowest BCUT2D eigenvalue weighted by atomic mass is 10.2. The average Bonchev–Trinajstić information content (AvgIpc) is 2.58. The average molecular weight is 252 g/mol. The van der Waals surface area contributed by atoms with E-state index in [0.29, 0.717) is 23.2 Å². The van der Waals surface area contributed by atoms with E-state index < -0.39 is 0 Å². The Labute approximate surface area is 105 Å². The normalized spacial score (nSPS) is 10.6. The van der Waals surface area contributed by atoms with Crippen molar-refractivity contribution >= 4 is 11.6 Å². The van der Waals surface area contributed by atoms with Crippen LogP contribution in [0.5, 0.6) is 11.6 Å². The maximum absolute atomic E-state index is 5.94. The van der Waals surface area contributed by atoms with Crippen LogP contribution in [0.1, 0.15) is 11.3 Å². The zero-order valence-electron chi connectivity index (χ0n) is 9.77. The van der Waals surface area contributed by atoms with E-state index in [-0.39, 0.29) is 0 Å². The topological polar surface area (TPSA) is 53.1 Å². The summed E-state index contributed by atoms with van der Waals surface area (Å²) >= 11 is 5.94. The summed E-state index contributed by atoms with van der Waals surface area (Å²) in [6.07, 6.45) is 0. The number of benzene rings is 1. The minimum absolute atomic E-state index is 0.406. The maximum Gasteiger partial charge on any atom is 0.217 e. The molecule has 0 saturated carbocycles. The Kier molecular flexibility index (Phi) is 3.36. The van der Waals surface area contributed by atoms with Crippen LogP contribution < -0.4 is 10.5 Å². The molecule has 0 saturated heterocycles. The molecule has 2 rings (SSSR count). The van der Waals surface area contributed by atoms with Gasteiger partial charge in [-0.3, -0.25) is 0 Å². The monoisotopic (exact) mass is 251 g/mol. The summed E-state index contributed by atoms with van der Waals surface area (Å²) in [5.74, 6) is 1.34. The number of hydrogen-bond acceptors (Lipinski definition) is 3. The van der Waals surface area contributed by atoms with Gasteiger partial charge in [0.25, 0.3) is 0 Å². The number of aromatic nitrogens is 2. The Bertz CT molecular complexity index is 537. The predicted molar refractivity (Wildman–Crippen MR) is 67.4 cm³/mol. The molecule has 2 N–H and O–H groups in total. The fourth-order valence-electron chi connectivity index (χ4n) is 1.59. The Morgan fingerprint density at radius 3 is 2.76 bits per heavy atom. The molecule has 0 amide bonds. The highest BCUT2D eigenvalue weighted by molar-refractivity contribution is 6.30. The number of ether oxygens (including phenoxy) is 1. The quantitative estimate of drug-likeness (QED) is 0.912. The molecule has 0 aliphatic rings. The summed E-state index contributed by atoms with van der Waals surface area (Å²) in [4.78, 5) is 0. The van der Waals surface area contributed by atoms with Gasteiger partial charge in [0.15, 0.2) is 0 Å². The van der Waals surface area contributed by atoms with Gasteiger partial charge in [-0.25, -0.2) is 4.68 Å². The smallest absolute Gasteiger partial charge is 0.217 e. The van der Waals surface area contributed by atoms with Crippen molar-refractivity contribution in [3.8, 4) is 11.6 Å². The highest BCUT2D eigenvalue weighted by Crippen LogP contribution is 2.28. The van der Waals surface area contributed by atoms with Gasteiger partial charge in [0.1, 0.15) is 5.75 Å². The molecule has 0 aliphatic heterocycles. The van der Waals surface area contributed by atoms with Crippen LogP contribution in [0.25, 0.3) is 0 Å². The molecule has 0 radical (unpaired) electrons. The minimum Gasteiger partial charge on any atom is -0.439 e. The van der Waals surface area contributed by atoms with Gasteiger partial charge in [-0.15, -0.1) is 0 Å². The fraction of sp³-hybridized carbons (Fsp3) is 0.250. The van der Waals surface area contributed by atoms with Gasteiger partial charge in [-0.1, -0.05) is 17.7 Å².